The number of phenols is 2. The molecule has 0 radical (unpaired) electrons. The smallest absolute Gasteiger partial charge is 0.160 e. The zero-order chi connectivity index (χ0) is 21.6. The average Bonchev–Trinajstić information content (AvgIpc) is 2.71. The lowest BCUT2D eigenvalue weighted by molar-refractivity contribution is -0.0534. The molecule has 0 aliphatic carbocycles. The first-order chi connectivity index (χ1) is 13.7. The maximum atomic E-state index is 10.7. The van der Waals surface area contributed by atoms with Gasteiger partial charge in [0.15, 0.2) is 23.0 Å². The van der Waals surface area contributed by atoms with Crippen molar-refractivity contribution in [1.29, 1.82) is 0 Å². The summed E-state index contributed by atoms with van der Waals surface area (Å²) in [6, 6.07) is 10.3. The second-order valence-corrected chi connectivity index (χ2v) is 7.94. The predicted molar refractivity (Wildman–Crippen MR) is 112 cm³/mol. The molecule has 29 heavy (non-hydrogen) atoms. The van der Waals surface area contributed by atoms with Crippen molar-refractivity contribution in [2.45, 2.75) is 51.7 Å². The highest BCUT2D eigenvalue weighted by molar-refractivity contribution is 5.42. The first-order valence-corrected chi connectivity index (χ1v) is 9.77. The molecular weight excluding hydrogens is 372 g/mol. The number of ether oxygens (including phenoxy) is 2. The first kappa shape index (κ1) is 22.8. The number of rotatable bonds is 10. The summed E-state index contributed by atoms with van der Waals surface area (Å²) < 4.78 is 10.2. The van der Waals surface area contributed by atoms with Crippen LogP contribution in [0.5, 0.6) is 23.0 Å². The van der Waals surface area contributed by atoms with E-state index in [-0.39, 0.29) is 11.5 Å². The Bertz CT molecular complexity index is 736. The fraction of sp³-hybridized carbons (Fsp3) is 0.478. The minimum Gasteiger partial charge on any atom is -0.504 e. The number of aryl methyl sites for hydroxylation is 2. The van der Waals surface area contributed by atoms with Crippen LogP contribution < -0.4 is 9.47 Å². The van der Waals surface area contributed by atoms with Gasteiger partial charge in [0, 0.05) is 5.41 Å². The van der Waals surface area contributed by atoms with E-state index in [0.29, 0.717) is 37.2 Å². The molecule has 2 aromatic carbocycles. The molecule has 6 heteroatoms. The summed E-state index contributed by atoms with van der Waals surface area (Å²) in [5.41, 5.74) is 1.20. The maximum absolute atomic E-state index is 10.7. The third-order valence-electron chi connectivity index (χ3n) is 5.62. The summed E-state index contributed by atoms with van der Waals surface area (Å²) in [7, 11) is 2.99. The molecule has 2 rings (SSSR count). The van der Waals surface area contributed by atoms with Crippen molar-refractivity contribution < 1.29 is 29.9 Å². The van der Waals surface area contributed by atoms with Gasteiger partial charge in [0.05, 0.1) is 26.4 Å². The Morgan fingerprint density at radius 3 is 1.48 bits per heavy atom. The number of aliphatic hydroxyl groups excluding tert-OH is 2. The first-order valence-electron chi connectivity index (χ1n) is 9.77. The SMILES string of the molecule is COc1cc(CCC(O)C(C)(C)C(O)CCc2ccc(O)c(OC)c2)ccc1O. The Hall–Kier alpha value is -2.44. The molecular formula is C23H32O6. The van der Waals surface area contributed by atoms with E-state index in [1.165, 1.54) is 14.2 Å². The highest BCUT2D eigenvalue weighted by atomic mass is 16.5. The number of aromatic hydroxyl groups is 2. The molecule has 0 spiro atoms. The van der Waals surface area contributed by atoms with Gasteiger partial charge in [0.25, 0.3) is 0 Å². The zero-order valence-corrected chi connectivity index (χ0v) is 17.6. The number of benzene rings is 2. The van der Waals surface area contributed by atoms with Crippen molar-refractivity contribution >= 4 is 0 Å². The van der Waals surface area contributed by atoms with Crippen LogP contribution in [0.4, 0.5) is 0 Å². The third kappa shape index (κ3) is 5.78. The molecule has 6 nitrogen and oxygen atoms in total. The monoisotopic (exact) mass is 404 g/mol. The normalized spacial score (nSPS) is 13.7. The van der Waals surface area contributed by atoms with E-state index in [9.17, 15) is 20.4 Å². The van der Waals surface area contributed by atoms with Gasteiger partial charge in [-0.25, -0.2) is 0 Å². The molecule has 0 aliphatic heterocycles. The lowest BCUT2D eigenvalue weighted by Crippen LogP contribution is -2.41. The zero-order valence-electron chi connectivity index (χ0n) is 17.6. The average molecular weight is 405 g/mol. The summed E-state index contributed by atoms with van der Waals surface area (Å²) in [6.45, 7) is 3.72. The molecule has 0 heterocycles. The van der Waals surface area contributed by atoms with Gasteiger partial charge in [0.2, 0.25) is 0 Å². The van der Waals surface area contributed by atoms with Gasteiger partial charge in [-0.1, -0.05) is 26.0 Å². The van der Waals surface area contributed by atoms with Crippen LogP contribution >= 0.6 is 0 Å². The molecule has 0 saturated carbocycles. The van der Waals surface area contributed by atoms with E-state index < -0.39 is 17.6 Å². The van der Waals surface area contributed by atoms with Crippen molar-refractivity contribution in [3.05, 3.63) is 47.5 Å². The summed E-state index contributed by atoms with van der Waals surface area (Å²) in [5, 5.41) is 40.8. The van der Waals surface area contributed by atoms with Gasteiger partial charge in [-0.15, -0.1) is 0 Å². The minimum absolute atomic E-state index is 0.0819. The summed E-state index contributed by atoms with van der Waals surface area (Å²) in [5.74, 6) is 0.970. The van der Waals surface area contributed by atoms with Crippen molar-refractivity contribution in [3.63, 3.8) is 0 Å². The quantitative estimate of drug-likeness (QED) is 0.484. The van der Waals surface area contributed by atoms with Crippen LogP contribution in [0, 0.1) is 5.41 Å². The molecule has 4 N–H and O–H groups in total. The lowest BCUT2D eigenvalue weighted by atomic mass is 9.76. The second kappa shape index (κ2) is 9.85. The van der Waals surface area contributed by atoms with Crippen LogP contribution in [-0.2, 0) is 12.8 Å². The topological polar surface area (TPSA) is 99.4 Å². The third-order valence-corrected chi connectivity index (χ3v) is 5.62. The van der Waals surface area contributed by atoms with Gasteiger partial charge in [-0.2, -0.15) is 0 Å². The van der Waals surface area contributed by atoms with Crippen molar-refractivity contribution in [2.75, 3.05) is 14.2 Å². The van der Waals surface area contributed by atoms with Gasteiger partial charge in [-0.3, -0.25) is 0 Å². The molecule has 0 saturated heterocycles. The predicted octanol–water partition coefficient (Wildman–Crippen LogP) is 3.43. The minimum atomic E-state index is -0.702. The number of aliphatic hydroxyl groups is 2. The highest BCUT2D eigenvalue weighted by Crippen LogP contribution is 2.33. The van der Waals surface area contributed by atoms with Gasteiger partial charge >= 0.3 is 0 Å². The van der Waals surface area contributed by atoms with E-state index >= 15 is 0 Å². The summed E-state index contributed by atoms with van der Waals surface area (Å²) >= 11 is 0. The standard InChI is InChI=1S/C23H32O6/c1-23(2,21(26)11-7-15-5-9-17(24)19(13-15)28-3)22(27)12-8-16-6-10-18(25)20(14-16)29-4/h5-6,9-10,13-14,21-22,24-27H,7-8,11-12H2,1-4H3. The van der Waals surface area contributed by atoms with Crippen molar-refractivity contribution in [1.82, 2.24) is 0 Å². The van der Waals surface area contributed by atoms with Gasteiger partial charge in [0.1, 0.15) is 0 Å². The van der Waals surface area contributed by atoms with Gasteiger partial charge < -0.3 is 29.9 Å². The van der Waals surface area contributed by atoms with Crippen LogP contribution in [0.2, 0.25) is 0 Å². The Morgan fingerprint density at radius 2 is 1.14 bits per heavy atom. The van der Waals surface area contributed by atoms with E-state index in [4.69, 9.17) is 9.47 Å². The number of methoxy groups -OCH3 is 2. The number of hydrogen-bond acceptors (Lipinski definition) is 6. The van der Waals surface area contributed by atoms with Crippen molar-refractivity contribution in [2.24, 2.45) is 5.41 Å². The molecule has 0 bridgehead atoms. The Balaban J connectivity index is 1.94. The number of phenolic OH excluding ortho intramolecular Hbond substituents is 2. The van der Waals surface area contributed by atoms with Crippen LogP contribution in [0.15, 0.2) is 36.4 Å². The van der Waals surface area contributed by atoms with Crippen LogP contribution in [0.3, 0.4) is 0 Å². The van der Waals surface area contributed by atoms with E-state index in [2.05, 4.69) is 0 Å². The molecule has 2 atom stereocenters. The van der Waals surface area contributed by atoms with E-state index in [1.807, 2.05) is 13.8 Å². The summed E-state index contributed by atoms with van der Waals surface area (Å²) in [6.07, 6.45) is 0.751. The van der Waals surface area contributed by atoms with E-state index in [1.54, 1.807) is 36.4 Å². The number of hydrogen-bond donors (Lipinski definition) is 4. The summed E-state index contributed by atoms with van der Waals surface area (Å²) in [4.78, 5) is 0. The van der Waals surface area contributed by atoms with E-state index in [0.717, 1.165) is 11.1 Å². The van der Waals surface area contributed by atoms with Crippen molar-refractivity contribution in [3.8, 4) is 23.0 Å². The van der Waals surface area contributed by atoms with Crippen LogP contribution in [0.25, 0.3) is 0 Å². The molecule has 2 aromatic rings. The molecule has 0 aliphatic rings. The molecule has 2 unspecified atom stereocenters. The Morgan fingerprint density at radius 1 is 0.759 bits per heavy atom. The van der Waals surface area contributed by atoms with Crippen LogP contribution in [-0.4, -0.2) is 46.9 Å². The molecule has 0 amide bonds. The Labute approximate surface area is 172 Å². The lowest BCUT2D eigenvalue weighted by Gasteiger charge is -2.35. The highest BCUT2D eigenvalue weighted by Gasteiger charge is 2.34. The second-order valence-electron chi connectivity index (χ2n) is 7.94. The Kier molecular flexibility index (Phi) is 7.76. The fourth-order valence-electron chi connectivity index (χ4n) is 3.33. The molecule has 160 valence electrons. The molecule has 0 aromatic heterocycles. The molecule has 0 fully saturated rings. The van der Waals surface area contributed by atoms with Gasteiger partial charge in [-0.05, 0) is 61.1 Å². The maximum Gasteiger partial charge on any atom is 0.160 e. The fourth-order valence-corrected chi connectivity index (χ4v) is 3.33. The van der Waals surface area contributed by atoms with Crippen LogP contribution in [0.1, 0.15) is 37.8 Å². The largest absolute Gasteiger partial charge is 0.504 e.